The van der Waals surface area contributed by atoms with Gasteiger partial charge in [0, 0.05) is 25.6 Å². The third kappa shape index (κ3) is 4.08. The summed E-state index contributed by atoms with van der Waals surface area (Å²) in [5.74, 6) is -0.669. The van der Waals surface area contributed by atoms with Gasteiger partial charge in [-0.3, -0.25) is 4.79 Å². The topological polar surface area (TPSA) is 69.6 Å². The number of nitrogens with one attached hydrogen (secondary N) is 1. The molecule has 1 aliphatic heterocycles. The van der Waals surface area contributed by atoms with Crippen LogP contribution in [0.15, 0.2) is 0 Å². The normalized spacial score (nSPS) is 16.8. The van der Waals surface area contributed by atoms with Crippen LogP contribution < -0.4 is 5.32 Å². The van der Waals surface area contributed by atoms with Crippen LogP contribution in [0.3, 0.4) is 0 Å². The first kappa shape index (κ1) is 12.8. The van der Waals surface area contributed by atoms with Crippen LogP contribution in [-0.4, -0.2) is 41.6 Å². The van der Waals surface area contributed by atoms with Crippen molar-refractivity contribution in [1.29, 1.82) is 0 Å². The molecular weight excluding hydrogens is 208 g/mol. The molecule has 1 fully saturated rings. The predicted octanol–water partition coefficient (Wildman–Crippen LogP) is 1.15. The fourth-order valence-electron chi connectivity index (χ4n) is 1.56. The number of carbonyl (C=O) groups excluding carboxylic acids is 1. The van der Waals surface area contributed by atoms with E-state index in [0.717, 1.165) is 0 Å². The van der Waals surface area contributed by atoms with E-state index in [9.17, 15) is 9.59 Å². The van der Waals surface area contributed by atoms with Gasteiger partial charge in [0.2, 0.25) is 0 Å². The molecule has 0 aromatic rings. The number of carbonyl (C=O) groups is 2. The summed E-state index contributed by atoms with van der Waals surface area (Å²) in [6.07, 6.45) is 0.156. The molecule has 0 aromatic heterocycles. The fraction of sp³-hybridized carbons (Fsp3) is 0.818. The summed E-state index contributed by atoms with van der Waals surface area (Å²) in [4.78, 5) is 23.6. The molecule has 0 radical (unpaired) electrons. The highest BCUT2D eigenvalue weighted by atomic mass is 16.4. The highest BCUT2D eigenvalue weighted by molar-refractivity contribution is 5.75. The summed E-state index contributed by atoms with van der Waals surface area (Å²) in [5, 5.41) is 11.4. The summed E-state index contributed by atoms with van der Waals surface area (Å²) in [6, 6.07) is -0.0865. The van der Waals surface area contributed by atoms with Crippen molar-refractivity contribution < 1.29 is 14.7 Å². The molecule has 2 N–H and O–H groups in total. The van der Waals surface area contributed by atoms with E-state index in [1.54, 1.807) is 4.90 Å². The first-order chi connectivity index (χ1) is 7.28. The fourth-order valence-corrected chi connectivity index (χ4v) is 1.56. The van der Waals surface area contributed by atoms with Gasteiger partial charge in [-0.25, -0.2) is 4.79 Å². The van der Waals surface area contributed by atoms with Gasteiger partial charge >= 0.3 is 12.0 Å². The molecule has 5 heteroatoms. The molecule has 0 saturated carbocycles. The third-order valence-corrected chi connectivity index (χ3v) is 2.48. The summed E-state index contributed by atoms with van der Waals surface area (Å²) in [7, 11) is 0. The second kappa shape index (κ2) is 4.72. The molecule has 1 rings (SSSR count). The van der Waals surface area contributed by atoms with Crippen molar-refractivity contribution in [1.82, 2.24) is 10.2 Å². The maximum Gasteiger partial charge on any atom is 0.317 e. The number of nitrogens with zero attached hydrogens (tertiary/aromatic N) is 1. The summed E-state index contributed by atoms with van der Waals surface area (Å²) in [5.41, 5.74) is 0.0704. The zero-order chi connectivity index (χ0) is 12.3. The quantitative estimate of drug-likeness (QED) is 0.761. The number of urea groups is 1. The summed E-state index contributed by atoms with van der Waals surface area (Å²) in [6.45, 7) is 7.90. The van der Waals surface area contributed by atoms with Crippen LogP contribution in [0.25, 0.3) is 0 Å². The maximum atomic E-state index is 11.6. The first-order valence-corrected chi connectivity index (χ1v) is 5.52. The Morgan fingerprint density at radius 1 is 1.38 bits per heavy atom. The highest BCUT2D eigenvalue weighted by Crippen LogP contribution is 2.19. The number of carboxylic acids is 1. The molecule has 1 aliphatic rings. The lowest BCUT2D eigenvalue weighted by Crippen LogP contribution is -2.55. The standard InChI is InChI=1S/C11H20N2O3/c1-11(2,3)7-12-10(16)13-5-8(6-13)4-9(14)15/h8H,4-7H2,1-3H3,(H,12,16)(H,14,15). The maximum absolute atomic E-state index is 11.6. The minimum atomic E-state index is -0.792. The van der Waals surface area contributed by atoms with Crippen molar-refractivity contribution in [2.24, 2.45) is 11.3 Å². The number of amides is 2. The Kier molecular flexibility index (Phi) is 3.78. The Bertz CT molecular complexity index is 277. The number of rotatable bonds is 3. The molecule has 2 amide bonds. The van der Waals surface area contributed by atoms with Gasteiger partial charge in [0.15, 0.2) is 0 Å². The van der Waals surface area contributed by atoms with Crippen molar-refractivity contribution in [3.05, 3.63) is 0 Å². The van der Waals surface area contributed by atoms with Gasteiger partial charge in [-0.15, -0.1) is 0 Å². The van der Waals surface area contributed by atoms with Crippen LogP contribution in [0, 0.1) is 11.3 Å². The zero-order valence-corrected chi connectivity index (χ0v) is 10.1. The van der Waals surface area contributed by atoms with Crippen LogP contribution in [0.4, 0.5) is 4.79 Å². The minimum Gasteiger partial charge on any atom is -0.481 e. The Morgan fingerprint density at radius 2 is 1.94 bits per heavy atom. The van der Waals surface area contributed by atoms with E-state index in [2.05, 4.69) is 26.1 Å². The zero-order valence-electron chi connectivity index (χ0n) is 10.1. The van der Waals surface area contributed by atoms with Crippen LogP contribution in [0.5, 0.6) is 0 Å². The number of aliphatic carboxylic acids is 1. The lowest BCUT2D eigenvalue weighted by atomic mass is 9.96. The Balaban J connectivity index is 2.19. The van der Waals surface area contributed by atoms with Crippen molar-refractivity contribution in [3.63, 3.8) is 0 Å². The number of hydrogen-bond acceptors (Lipinski definition) is 2. The predicted molar refractivity (Wildman–Crippen MR) is 60.2 cm³/mol. The summed E-state index contributed by atoms with van der Waals surface area (Å²) >= 11 is 0. The van der Waals surface area contributed by atoms with E-state index in [-0.39, 0.29) is 23.8 Å². The SMILES string of the molecule is CC(C)(C)CNC(=O)N1CC(CC(=O)O)C1. The molecule has 0 spiro atoms. The number of carboxylic acid groups (broad SMARTS) is 1. The highest BCUT2D eigenvalue weighted by Gasteiger charge is 2.32. The Hall–Kier alpha value is -1.26. The molecule has 0 aliphatic carbocycles. The van der Waals surface area contributed by atoms with Crippen LogP contribution in [0.1, 0.15) is 27.2 Å². The van der Waals surface area contributed by atoms with Gasteiger partial charge in [0.1, 0.15) is 0 Å². The third-order valence-electron chi connectivity index (χ3n) is 2.48. The molecular formula is C11H20N2O3. The van der Waals surface area contributed by atoms with Gasteiger partial charge < -0.3 is 15.3 Å². The smallest absolute Gasteiger partial charge is 0.317 e. The first-order valence-electron chi connectivity index (χ1n) is 5.52. The van der Waals surface area contributed by atoms with Crippen LogP contribution in [-0.2, 0) is 4.79 Å². The van der Waals surface area contributed by atoms with E-state index in [0.29, 0.717) is 19.6 Å². The minimum absolute atomic E-state index is 0.0704. The van der Waals surface area contributed by atoms with E-state index in [4.69, 9.17) is 5.11 Å². The Labute approximate surface area is 95.8 Å². The molecule has 0 unspecified atom stereocenters. The summed E-state index contributed by atoms with van der Waals surface area (Å²) < 4.78 is 0. The molecule has 92 valence electrons. The monoisotopic (exact) mass is 228 g/mol. The van der Waals surface area contributed by atoms with Crippen LogP contribution in [0.2, 0.25) is 0 Å². The average molecular weight is 228 g/mol. The number of hydrogen-bond donors (Lipinski definition) is 2. The second-order valence-electron chi connectivity index (χ2n) is 5.59. The Morgan fingerprint density at radius 3 is 2.38 bits per heavy atom. The number of likely N-dealkylation sites (tertiary alicyclic amines) is 1. The molecule has 1 heterocycles. The van der Waals surface area contributed by atoms with Gasteiger partial charge in [0.25, 0.3) is 0 Å². The van der Waals surface area contributed by atoms with Gasteiger partial charge in [-0.05, 0) is 5.41 Å². The van der Waals surface area contributed by atoms with Gasteiger partial charge in [0.05, 0.1) is 6.42 Å². The second-order valence-corrected chi connectivity index (χ2v) is 5.59. The van der Waals surface area contributed by atoms with Gasteiger partial charge in [-0.1, -0.05) is 20.8 Å². The van der Waals surface area contributed by atoms with E-state index in [1.807, 2.05) is 0 Å². The van der Waals surface area contributed by atoms with E-state index < -0.39 is 5.97 Å². The molecule has 0 atom stereocenters. The van der Waals surface area contributed by atoms with Crippen molar-refractivity contribution in [2.45, 2.75) is 27.2 Å². The lowest BCUT2D eigenvalue weighted by molar-refractivity contribution is -0.139. The molecule has 16 heavy (non-hydrogen) atoms. The van der Waals surface area contributed by atoms with Crippen molar-refractivity contribution in [3.8, 4) is 0 Å². The molecule has 5 nitrogen and oxygen atoms in total. The molecule has 0 bridgehead atoms. The van der Waals surface area contributed by atoms with E-state index in [1.165, 1.54) is 0 Å². The van der Waals surface area contributed by atoms with Crippen molar-refractivity contribution >= 4 is 12.0 Å². The van der Waals surface area contributed by atoms with Crippen LogP contribution >= 0.6 is 0 Å². The average Bonchev–Trinajstić information content (AvgIpc) is 2.05. The van der Waals surface area contributed by atoms with Crippen molar-refractivity contribution in [2.75, 3.05) is 19.6 Å². The largest absolute Gasteiger partial charge is 0.481 e. The van der Waals surface area contributed by atoms with Gasteiger partial charge in [-0.2, -0.15) is 0 Å². The molecule has 0 aromatic carbocycles. The van der Waals surface area contributed by atoms with E-state index >= 15 is 0 Å². The molecule has 1 saturated heterocycles. The lowest BCUT2D eigenvalue weighted by Gasteiger charge is -2.38.